The molecule has 2 aromatic carbocycles. The van der Waals surface area contributed by atoms with Gasteiger partial charge in [0.2, 0.25) is 5.91 Å². The number of carbonyl (C=O) groups is 1. The Morgan fingerprint density at radius 3 is 2.16 bits per heavy atom. The van der Waals surface area contributed by atoms with Gasteiger partial charge in [-0.25, -0.2) is 8.42 Å². The maximum Gasteiger partial charge on any atom is 0.264 e. The molecule has 0 unspecified atom stereocenters. The number of hydrogen-bond acceptors (Lipinski definition) is 6. The zero-order valence-electron chi connectivity index (χ0n) is 19.1. The first-order valence-electron chi connectivity index (χ1n) is 10.6. The molecule has 0 atom stereocenters. The van der Waals surface area contributed by atoms with Crippen LogP contribution in [-0.2, 0) is 14.8 Å². The molecule has 1 fully saturated rings. The van der Waals surface area contributed by atoms with Gasteiger partial charge in [0, 0.05) is 32.2 Å². The Kier molecular flexibility index (Phi) is 7.63. The lowest BCUT2D eigenvalue weighted by Gasteiger charge is -2.35. The molecule has 8 nitrogen and oxygen atoms in total. The molecule has 1 aliphatic rings. The number of anilines is 1. The van der Waals surface area contributed by atoms with Gasteiger partial charge in [0.25, 0.3) is 10.0 Å². The summed E-state index contributed by atoms with van der Waals surface area (Å²) in [6, 6.07) is 11.4. The molecule has 174 valence electrons. The lowest BCUT2D eigenvalue weighted by molar-refractivity contribution is -0.131. The minimum Gasteiger partial charge on any atom is -0.493 e. The molecular formula is C23H31N3O5S. The molecule has 0 aromatic heterocycles. The van der Waals surface area contributed by atoms with Crippen LogP contribution in [0.25, 0.3) is 0 Å². The predicted octanol–water partition coefficient (Wildman–Crippen LogP) is 2.37. The van der Waals surface area contributed by atoms with Crippen molar-refractivity contribution < 1.29 is 22.7 Å². The Morgan fingerprint density at radius 1 is 0.969 bits per heavy atom. The van der Waals surface area contributed by atoms with E-state index in [9.17, 15) is 13.2 Å². The second-order valence-electron chi connectivity index (χ2n) is 7.68. The Balaban J connectivity index is 1.96. The van der Waals surface area contributed by atoms with E-state index < -0.39 is 10.0 Å². The van der Waals surface area contributed by atoms with Crippen molar-refractivity contribution in [3.63, 3.8) is 0 Å². The van der Waals surface area contributed by atoms with Crippen molar-refractivity contribution in [1.29, 1.82) is 0 Å². The fourth-order valence-corrected chi connectivity index (χ4v) is 5.07. The van der Waals surface area contributed by atoms with Crippen LogP contribution in [0, 0.1) is 6.92 Å². The first-order chi connectivity index (χ1) is 15.3. The van der Waals surface area contributed by atoms with E-state index in [0.29, 0.717) is 30.3 Å². The summed E-state index contributed by atoms with van der Waals surface area (Å²) in [7, 11) is -0.989. The summed E-state index contributed by atoms with van der Waals surface area (Å²) in [5.74, 6) is 0.635. The minimum absolute atomic E-state index is 0.126. The molecule has 0 radical (unpaired) electrons. The average Bonchev–Trinajstić information content (AvgIpc) is 2.82. The van der Waals surface area contributed by atoms with Gasteiger partial charge in [-0.2, -0.15) is 0 Å². The van der Waals surface area contributed by atoms with Gasteiger partial charge in [0.15, 0.2) is 11.5 Å². The number of amides is 1. The number of hydrogen-bond donors (Lipinski definition) is 0. The van der Waals surface area contributed by atoms with E-state index in [1.165, 1.54) is 14.2 Å². The molecule has 1 amide bonds. The van der Waals surface area contributed by atoms with Crippen LogP contribution in [0.4, 0.5) is 5.69 Å². The van der Waals surface area contributed by atoms with Gasteiger partial charge in [-0.15, -0.1) is 0 Å². The monoisotopic (exact) mass is 461 g/mol. The van der Waals surface area contributed by atoms with Crippen LogP contribution in [0.2, 0.25) is 0 Å². The second kappa shape index (κ2) is 10.2. The standard InChI is InChI=1S/C23H31N3O5S/c1-5-24-12-14-25(15-13-24)23(27)17-26(19-8-11-21(30-3)22(16-19)31-4)32(28,29)20-9-6-18(2)7-10-20/h6-11,16H,5,12-15,17H2,1-4H3. The van der Waals surface area contributed by atoms with Gasteiger partial charge >= 0.3 is 0 Å². The fraction of sp³-hybridized carbons (Fsp3) is 0.435. The van der Waals surface area contributed by atoms with Crippen LogP contribution in [0.5, 0.6) is 11.5 Å². The molecule has 3 rings (SSSR count). The lowest BCUT2D eigenvalue weighted by atomic mass is 10.2. The SMILES string of the molecule is CCN1CCN(C(=O)CN(c2ccc(OC)c(OC)c2)S(=O)(=O)c2ccc(C)cc2)CC1. The number of methoxy groups -OCH3 is 2. The van der Waals surface area contributed by atoms with Crippen molar-refractivity contribution in [2.75, 3.05) is 57.8 Å². The summed E-state index contributed by atoms with van der Waals surface area (Å²) in [4.78, 5) is 17.2. The third-order valence-corrected chi connectivity index (χ3v) is 7.50. The summed E-state index contributed by atoms with van der Waals surface area (Å²) in [5, 5.41) is 0. The summed E-state index contributed by atoms with van der Waals surface area (Å²) in [6.45, 7) is 7.34. The summed E-state index contributed by atoms with van der Waals surface area (Å²) in [6.07, 6.45) is 0. The highest BCUT2D eigenvalue weighted by atomic mass is 32.2. The number of nitrogens with zero attached hydrogens (tertiary/aromatic N) is 3. The number of aryl methyl sites for hydroxylation is 1. The molecule has 0 saturated carbocycles. The molecule has 1 heterocycles. The van der Waals surface area contributed by atoms with Crippen LogP contribution < -0.4 is 13.8 Å². The third-order valence-electron chi connectivity index (χ3n) is 5.72. The molecule has 2 aromatic rings. The highest BCUT2D eigenvalue weighted by molar-refractivity contribution is 7.92. The fourth-order valence-electron chi connectivity index (χ4n) is 3.67. The van der Waals surface area contributed by atoms with Crippen LogP contribution in [0.1, 0.15) is 12.5 Å². The van der Waals surface area contributed by atoms with Crippen molar-refractivity contribution in [3.05, 3.63) is 48.0 Å². The van der Waals surface area contributed by atoms with Gasteiger partial charge < -0.3 is 19.3 Å². The normalized spacial score (nSPS) is 14.8. The highest BCUT2D eigenvalue weighted by Gasteiger charge is 2.30. The zero-order valence-corrected chi connectivity index (χ0v) is 19.9. The smallest absolute Gasteiger partial charge is 0.264 e. The first kappa shape index (κ1) is 23.9. The van der Waals surface area contributed by atoms with Gasteiger partial charge in [0.1, 0.15) is 6.54 Å². The van der Waals surface area contributed by atoms with Crippen LogP contribution in [0.15, 0.2) is 47.4 Å². The molecule has 32 heavy (non-hydrogen) atoms. The highest BCUT2D eigenvalue weighted by Crippen LogP contribution is 2.34. The molecule has 0 N–H and O–H groups in total. The first-order valence-corrected chi connectivity index (χ1v) is 12.1. The molecule has 0 spiro atoms. The van der Waals surface area contributed by atoms with E-state index in [2.05, 4.69) is 11.8 Å². The lowest BCUT2D eigenvalue weighted by Crippen LogP contribution is -2.51. The van der Waals surface area contributed by atoms with Crippen LogP contribution >= 0.6 is 0 Å². The van der Waals surface area contributed by atoms with Crippen LogP contribution in [0.3, 0.4) is 0 Å². The Labute approximate surface area is 190 Å². The van der Waals surface area contributed by atoms with Crippen molar-refractivity contribution >= 4 is 21.6 Å². The number of sulfonamides is 1. The van der Waals surface area contributed by atoms with Gasteiger partial charge in [-0.1, -0.05) is 24.6 Å². The predicted molar refractivity (Wildman–Crippen MR) is 124 cm³/mol. The van der Waals surface area contributed by atoms with E-state index in [1.807, 2.05) is 6.92 Å². The zero-order chi connectivity index (χ0) is 23.3. The van der Waals surface area contributed by atoms with Gasteiger partial charge in [0.05, 0.1) is 24.8 Å². The third kappa shape index (κ3) is 5.16. The molecule has 9 heteroatoms. The quantitative estimate of drug-likeness (QED) is 0.601. The molecule has 0 aliphatic carbocycles. The largest absolute Gasteiger partial charge is 0.493 e. The Morgan fingerprint density at radius 2 is 1.59 bits per heavy atom. The topological polar surface area (TPSA) is 79.4 Å². The minimum atomic E-state index is -3.99. The van der Waals surface area contributed by atoms with Gasteiger partial charge in [-0.3, -0.25) is 9.10 Å². The number of rotatable bonds is 8. The van der Waals surface area contributed by atoms with Crippen molar-refractivity contribution in [2.45, 2.75) is 18.7 Å². The number of benzene rings is 2. The van der Waals surface area contributed by atoms with Crippen molar-refractivity contribution in [2.24, 2.45) is 0 Å². The van der Waals surface area contributed by atoms with E-state index >= 15 is 0 Å². The number of ether oxygens (including phenoxy) is 2. The van der Waals surface area contributed by atoms with Crippen LogP contribution in [-0.4, -0.2) is 77.6 Å². The average molecular weight is 462 g/mol. The Hall–Kier alpha value is -2.78. The van der Waals surface area contributed by atoms with Crippen molar-refractivity contribution in [3.8, 4) is 11.5 Å². The maximum atomic E-state index is 13.6. The number of carbonyl (C=O) groups excluding carboxylic acids is 1. The maximum absolute atomic E-state index is 13.6. The van der Waals surface area contributed by atoms with Gasteiger partial charge in [-0.05, 0) is 37.7 Å². The molecule has 0 bridgehead atoms. The number of piperazine rings is 1. The Bertz CT molecular complexity index is 1030. The summed E-state index contributed by atoms with van der Waals surface area (Å²) >= 11 is 0. The number of likely N-dealkylation sites (N-methyl/N-ethyl adjacent to an activating group) is 1. The molecular weight excluding hydrogens is 430 g/mol. The second-order valence-corrected chi connectivity index (χ2v) is 9.54. The summed E-state index contributed by atoms with van der Waals surface area (Å²) < 4.78 is 39.0. The molecule has 1 aliphatic heterocycles. The van der Waals surface area contributed by atoms with E-state index in [1.54, 1.807) is 47.4 Å². The summed E-state index contributed by atoms with van der Waals surface area (Å²) in [5.41, 5.74) is 1.29. The van der Waals surface area contributed by atoms with E-state index in [-0.39, 0.29) is 17.3 Å². The molecule has 1 saturated heterocycles. The van der Waals surface area contributed by atoms with Crippen molar-refractivity contribution in [1.82, 2.24) is 9.80 Å². The van der Waals surface area contributed by atoms with E-state index in [4.69, 9.17) is 9.47 Å². The van der Waals surface area contributed by atoms with E-state index in [0.717, 1.165) is 29.5 Å².